The lowest BCUT2D eigenvalue weighted by molar-refractivity contribution is -0.117. The fraction of sp³-hybridized carbons (Fsp3) is 0.269. The van der Waals surface area contributed by atoms with Crippen molar-refractivity contribution in [1.29, 1.82) is 0 Å². The quantitative estimate of drug-likeness (QED) is 0.533. The van der Waals surface area contributed by atoms with Crippen LogP contribution in [0, 0.1) is 0 Å². The van der Waals surface area contributed by atoms with Gasteiger partial charge in [0, 0.05) is 11.6 Å². The minimum atomic E-state index is -0.138. The van der Waals surface area contributed by atoms with Crippen LogP contribution >= 0.6 is 11.6 Å². The first-order chi connectivity index (χ1) is 16.0. The maximum absolute atomic E-state index is 13.1. The second-order valence-electron chi connectivity index (χ2n) is 7.83. The molecule has 3 aromatic carbocycles. The molecule has 1 N–H and O–H groups in total. The zero-order chi connectivity index (χ0) is 23.4. The van der Waals surface area contributed by atoms with Crippen LogP contribution in [0.25, 0.3) is 0 Å². The predicted octanol–water partition coefficient (Wildman–Crippen LogP) is 4.95. The van der Waals surface area contributed by atoms with Gasteiger partial charge in [-0.15, -0.1) is 0 Å². The molecule has 3 aromatic rings. The van der Waals surface area contributed by atoms with E-state index >= 15 is 0 Å². The first-order valence-corrected chi connectivity index (χ1v) is 11.1. The van der Waals surface area contributed by atoms with Crippen LogP contribution < -0.4 is 19.5 Å². The fourth-order valence-electron chi connectivity index (χ4n) is 4.35. The number of anilines is 1. The number of benzene rings is 3. The average molecular weight is 467 g/mol. The minimum Gasteiger partial charge on any atom is -0.495 e. The molecule has 1 aliphatic heterocycles. The minimum absolute atomic E-state index is 0.0956. The number of rotatable bonds is 7. The lowest BCUT2D eigenvalue weighted by Gasteiger charge is -2.37. The van der Waals surface area contributed by atoms with Crippen molar-refractivity contribution in [2.45, 2.75) is 12.5 Å². The van der Waals surface area contributed by atoms with Gasteiger partial charge in [0.1, 0.15) is 5.75 Å². The van der Waals surface area contributed by atoms with Gasteiger partial charge in [0.2, 0.25) is 5.91 Å². The number of halogens is 1. The number of hydrogen-bond acceptors (Lipinski definition) is 5. The number of nitrogens with one attached hydrogen (secondary N) is 1. The van der Waals surface area contributed by atoms with Gasteiger partial charge in [-0.05, 0) is 53.4 Å². The van der Waals surface area contributed by atoms with Crippen molar-refractivity contribution in [3.63, 3.8) is 0 Å². The molecule has 0 radical (unpaired) electrons. The van der Waals surface area contributed by atoms with Crippen molar-refractivity contribution >= 4 is 23.2 Å². The Morgan fingerprint density at radius 2 is 1.67 bits per heavy atom. The second-order valence-corrected chi connectivity index (χ2v) is 8.27. The van der Waals surface area contributed by atoms with Gasteiger partial charge in [-0.25, -0.2) is 0 Å². The highest BCUT2D eigenvalue weighted by Gasteiger charge is 2.31. The van der Waals surface area contributed by atoms with E-state index in [0.717, 1.165) is 24.1 Å². The molecule has 1 heterocycles. The smallest absolute Gasteiger partial charge is 0.238 e. The summed E-state index contributed by atoms with van der Waals surface area (Å²) < 4.78 is 16.4. The van der Waals surface area contributed by atoms with E-state index in [4.69, 9.17) is 25.8 Å². The van der Waals surface area contributed by atoms with Crippen LogP contribution in [-0.4, -0.2) is 45.2 Å². The summed E-state index contributed by atoms with van der Waals surface area (Å²) in [6.45, 7) is 0.936. The number of nitrogens with zero attached hydrogens (tertiary/aromatic N) is 1. The van der Waals surface area contributed by atoms with E-state index in [1.54, 1.807) is 39.5 Å². The summed E-state index contributed by atoms with van der Waals surface area (Å²) in [4.78, 5) is 15.3. The third-order valence-electron chi connectivity index (χ3n) is 5.87. The zero-order valence-corrected chi connectivity index (χ0v) is 19.7. The topological polar surface area (TPSA) is 60.0 Å². The Hall–Kier alpha value is -3.22. The molecule has 6 nitrogen and oxygen atoms in total. The van der Waals surface area contributed by atoms with Crippen molar-refractivity contribution < 1.29 is 19.0 Å². The van der Waals surface area contributed by atoms with Crippen molar-refractivity contribution in [2.24, 2.45) is 0 Å². The summed E-state index contributed by atoms with van der Waals surface area (Å²) in [5.41, 5.74) is 3.96. The van der Waals surface area contributed by atoms with Gasteiger partial charge in [-0.2, -0.15) is 0 Å². The fourth-order valence-corrected chi connectivity index (χ4v) is 4.52. The highest BCUT2D eigenvalue weighted by atomic mass is 35.5. The van der Waals surface area contributed by atoms with Crippen molar-refractivity contribution in [1.82, 2.24) is 4.90 Å². The van der Waals surface area contributed by atoms with Crippen LogP contribution in [0.4, 0.5) is 5.69 Å². The highest BCUT2D eigenvalue weighted by molar-refractivity contribution is 6.31. The number of methoxy groups -OCH3 is 3. The van der Waals surface area contributed by atoms with Crippen LogP contribution in [0.15, 0.2) is 60.7 Å². The van der Waals surface area contributed by atoms with E-state index in [1.807, 2.05) is 30.3 Å². The van der Waals surface area contributed by atoms with Crippen LogP contribution in [0.3, 0.4) is 0 Å². The average Bonchev–Trinajstić information content (AvgIpc) is 2.83. The molecule has 0 saturated heterocycles. The zero-order valence-electron chi connectivity index (χ0n) is 18.9. The molecule has 172 valence electrons. The van der Waals surface area contributed by atoms with Gasteiger partial charge in [0.15, 0.2) is 11.5 Å². The number of carbonyl (C=O) groups is 1. The van der Waals surface area contributed by atoms with E-state index < -0.39 is 0 Å². The van der Waals surface area contributed by atoms with E-state index in [0.29, 0.717) is 28.0 Å². The van der Waals surface area contributed by atoms with Crippen LogP contribution in [-0.2, 0) is 11.2 Å². The molecular formula is C26H27ClN2O4. The SMILES string of the molecule is COc1ccc(Cl)cc1NC(=O)CN1CCc2cc(OC)c(OC)cc2C1c1ccccc1. The molecule has 1 amide bonds. The van der Waals surface area contributed by atoms with Crippen molar-refractivity contribution in [2.75, 3.05) is 39.7 Å². The second kappa shape index (κ2) is 10.1. The van der Waals surface area contributed by atoms with Crippen molar-refractivity contribution in [3.05, 3.63) is 82.4 Å². The lowest BCUT2D eigenvalue weighted by Crippen LogP contribution is -2.41. The molecule has 0 saturated carbocycles. The van der Waals surface area contributed by atoms with Crippen molar-refractivity contribution in [3.8, 4) is 17.2 Å². The summed E-state index contributed by atoms with van der Waals surface area (Å²) >= 11 is 6.12. The summed E-state index contributed by atoms with van der Waals surface area (Å²) in [6, 6.07) is 19.3. The number of ether oxygens (including phenoxy) is 3. The van der Waals surface area contributed by atoms with Gasteiger partial charge in [0.05, 0.1) is 39.6 Å². The normalized spacial score (nSPS) is 15.5. The first-order valence-electron chi connectivity index (χ1n) is 10.7. The lowest BCUT2D eigenvalue weighted by atomic mass is 9.87. The molecule has 0 aromatic heterocycles. The highest BCUT2D eigenvalue weighted by Crippen LogP contribution is 2.41. The number of hydrogen-bond donors (Lipinski definition) is 1. The van der Waals surface area contributed by atoms with E-state index in [1.165, 1.54) is 5.56 Å². The molecule has 33 heavy (non-hydrogen) atoms. The summed E-state index contributed by atoms with van der Waals surface area (Å²) in [6.07, 6.45) is 0.798. The molecule has 1 unspecified atom stereocenters. The first kappa shape index (κ1) is 23.0. The van der Waals surface area contributed by atoms with Crippen LogP contribution in [0.2, 0.25) is 5.02 Å². The number of amides is 1. The number of fused-ring (bicyclic) bond motifs is 1. The largest absolute Gasteiger partial charge is 0.495 e. The molecule has 1 atom stereocenters. The van der Waals surface area contributed by atoms with Gasteiger partial charge < -0.3 is 19.5 Å². The monoisotopic (exact) mass is 466 g/mol. The Kier molecular flexibility index (Phi) is 7.06. The molecular weight excluding hydrogens is 440 g/mol. The van der Waals surface area contributed by atoms with Gasteiger partial charge in [0.25, 0.3) is 0 Å². The van der Waals surface area contributed by atoms with E-state index in [-0.39, 0.29) is 18.5 Å². The summed E-state index contributed by atoms with van der Waals surface area (Å²) in [7, 11) is 4.84. The molecule has 4 rings (SSSR count). The third-order valence-corrected chi connectivity index (χ3v) is 6.11. The molecule has 0 bridgehead atoms. The maximum atomic E-state index is 13.1. The molecule has 0 spiro atoms. The van der Waals surface area contributed by atoms with Gasteiger partial charge in [-0.3, -0.25) is 9.69 Å². The molecule has 0 fully saturated rings. The van der Waals surface area contributed by atoms with E-state index in [9.17, 15) is 4.79 Å². The standard InChI is InChI=1S/C26H27ClN2O4/c1-31-22-10-9-19(27)14-21(22)28-25(30)16-29-12-11-18-13-23(32-2)24(33-3)15-20(18)26(29)17-7-5-4-6-8-17/h4-10,13-15,26H,11-12,16H2,1-3H3,(H,28,30). The predicted molar refractivity (Wildman–Crippen MR) is 130 cm³/mol. The van der Waals surface area contributed by atoms with Gasteiger partial charge in [-0.1, -0.05) is 41.9 Å². The maximum Gasteiger partial charge on any atom is 0.238 e. The number of carbonyl (C=O) groups excluding carboxylic acids is 1. The summed E-state index contributed by atoms with van der Waals surface area (Å²) in [5, 5.41) is 3.48. The molecule has 1 aliphatic rings. The molecule has 7 heteroatoms. The Morgan fingerprint density at radius 1 is 0.970 bits per heavy atom. The van der Waals surface area contributed by atoms with Gasteiger partial charge >= 0.3 is 0 Å². The Bertz CT molecular complexity index is 1140. The Morgan fingerprint density at radius 3 is 2.36 bits per heavy atom. The Labute approximate surface area is 199 Å². The summed E-state index contributed by atoms with van der Waals surface area (Å²) in [5.74, 6) is 1.81. The van der Waals surface area contributed by atoms with E-state index in [2.05, 4.69) is 22.3 Å². The Balaban J connectivity index is 1.65. The molecule has 0 aliphatic carbocycles. The van der Waals surface area contributed by atoms with Crippen LogP contribution in [0.5, 0.6) is 17.2 Å². The third kappa shape index (κ3) is 4.92. The van der Waals surface area contributed by atoms with Crippen LogP contribution in [0.1, 0.15) is 22.7 Å².